The third-order valence-electron chi connectivity index (χ3n) is 7.89. The molecule has 0 bridgehead atoms. The van der Waals surface area contributed by atoms with Crippen LogP contribution in [0.25, 0.3) is 5.65 Å². The fourth-order valence-corrected chi connectivity index (χ4v) is 5.32. The summed E-state index contributed by atoms with van der Waals surface area (Å²) in [5, 5.41) is 7.62. The average Bonchev–Trinajstić information content (AvgIpc) is 3.42. The predicted molar refractivity (Wildman–Crippen MR) is 184 cm³/mol. The van der Waals surface area contributed by atoms with Gasteiger partial charge in [0.2, 0.25) is 0 Å². The Kier molecular flexibility index (Phi) is 10.7. The monoisotopic (exact) mass is 646 g/mol. The Morgan fingerprint density at radius 2 is 1.70 bits per heavy atom. The predicted octanol–water partition coefficient (Wildman–Crippen LogP) is 7.81. The number of hydrogen-bond acceptors (Lipinski definition) is 7. The molecule has 254 valence electrons. The van der Waals surface area contributed by atoms with E-state index >= 15 is 0 Å². The first-order valence-corrected chi connectivity index (χ1v) is 16.4. The number of rotatable bonds is 7. The van der Waals surface area contributed by atoms with E-state index < -0.39 is 17.3 Å². The Morgan fingerprint density at radius 1 is 1.04 bits per heavy atom. The first kappa shape index (κ1) is 35.4. The second-order valence-corrected chi connectivity index (χ2v) is 14.5. The van der Waals surface area contributed by atoms with E-state index in [0.717, 1.165) is 16.8 Å². The number of benzene rings is 1. The van der Waals surface area contributed by atoms with Crippen LogP contribution in [0.3, 0.4) is 0 Å². The lowest BCUT2D eigenvalue weighted by Gasteiger charge is -2.33. The molecule has 1 aliphatic heterocycles. The van der Waals surface area contributed by atoms with Crippen molar-refractivity contribution in [1.29, 1.82) is 0 Å². The zero-order chi connectivity index (χ0) is 34.7. The zero-order valence-corrected chi connectivity index (χ0v) is 29.5. The maximum absolute atomic E-state index is 14.0. The summed E-state index contributed by atoms with van der Waals surface area (Å²) in [5.74, 6) is 0.541. The molecule has 1 aromatic carbocycles. The number of amides is 3. The Hall–Kier alpha value is -4.41. The van der Waals surface area contributed by atoms with Crippen molar-refractivity contribution in [3.63, 3.8) is 0 Å². The Labute approximate surface area is 278 Å². The SMILES string of the molecule is C/C=C(\C)C(=O)Nc1cccc(CN(C(=O)OC(C)(C)C)c2cc(C3CCN(C(=O)OC(C)(C)C)CC3)nc3c(C(C)C)cnn23)c1. The van der Waals surface area contributed by atoms with Gasteiger partial charge in [-0.15, -0.1) is 0 Å². The van der Waals surface area contributed by atoms with Crippen LogP contribution in [0.15, 0.2) is 48.2 Å². The largest absolute Gasteiger partial charge is 0.444 e. The maximum atomic E-state index is 14.0. The standard InChI is InChI=1S/C36H50N6O5/c1-11-24(4)32(43)38-27-14-12-13-25(19-27)22-41(34(45)47-36(8,9)10)30-20-29(39-31-28(23(2)3)21-37-42(30)31)26-15-17-40(18-16-26)33(44)46-35(5,6)7/h11-14,19-21,23,26H,15-18,22H2,1-10H3,(H,38,43)/b24-11+. The summed E-state index contributed by atoms with van der Waals surface area (Å²) in [5.41, 5.74) is 3.19. The molecule has 2 aromatic heterocycles. The minimum atomic E-state index is -0.744. The molecule has 0 spiro atoms. The van der Waals surface area contributed by atoms with Gasteiger partial charge >= 0.3 is 12.2 Å². The Bertz CT molecular complexity index is 1640. The molecule has 0 aliphatic carbocycles. The normalized spacial score (nSPS) is 14.8. The van der Waals surface area contributed by atoms with Crippen molar-refractivity contribution in [3.05, 3.63) is 65.0 Å². The molecule has 1 fully saturated rings. The molecule has 0 atom stereocenters. The van der Waals surface area contributed by atoms with Crippen LogP contribution in [0.2, 0.25) is 0 Å². The van der Waals surface area contributed by atoms with Gasteiger partial charge in [0, 0.05) is 47.6 Å². The molecule has 1 saturated heterocycles. The number of nitrogens with one attached hydrogen (secondary N) is 1. The smallest absolute Gasteiger partial charge is 0.416 e. The second kappa shape index (κ2) is 14.1. The number of nitrogens with zero attached hydrogens (tertiary/aromatic N) is 5. The summed E-state index contributed by atoms with van der Waals surface area (Å²) in [7, 11) is 0. The number of likely N-dealkylation sites (tertiary alicyclic amines) is 1. The number of anilines is 2. The molecule has 3 heterocycles. The highest BCUT2D eigenvalue weighted by molar-refractivity contribution is 6.03. The van der Waals surface area contributed by atoms with Gasteiger partial charge in [-0.1, -0.05) is 32.1 Å². The van der Waals surface area contributed by atoms with Crippen LogP contribution >= 0.6 is 0 Å². The third-order valence-corrected chi connectivity index (χ3v) is 7.89. The van der Waals surface area contributed by atoms with Crippen molar-refractivity contribution in [2.75, 3.05) is 23.3 Å². The summed E-state index contributed by atoms with van der Waals surface area (Å²) < 4.78 is 13.2. The quantitative estimate of drug-likeness (QED) is 0.260. The second-order valence-electron chi connectivity index (χ2n) is 14.5. The number of allylic oxidation sites excluding steroid dienone is 1. The highest BCUT2D eigenvalue weighted by Gasteiger charge is 2.32. The van der Waals surface area contributed by atoms with Crippen molar-refractivity contribution in [3.8, 4) is 0 Å². The van der Waals surface area contributed by atoms with Gasteiger partial charge < -0.3 is 19.7 Å². The van der Waals surface area contributed by atoms with Gasteiger partial charge in [-0.05, 0) is 91.8 Å². The molecule has 0 radical (unpaired) electrons. The first-order chi connectivity index (χ1) is 22.0. The minimum Gasteiger partial charge on any atom is -0.444 e. The Balaban J connectivity index is 1.74. The molecular formula is C36H50N6O5. The molecule has 4 rings (SSSR count). The van der Waals surface area contributed by atoms with E-state index in [0.29, 0.717) is 48.7 Å². The van der Waals surface area contributed by atoms with E-state index in [1.165, 1.54) is 0 Å². The van der Waals surface area contributed by atoms with Gasteiger partial charge in [-0.3, -0.25) is 9.69 Å². The van der Waals surface area contributed by atoms with Crippen LogP contribution in [-0.4, -0.2) is 61.9 Å². The Morgan fingerprint density at radius 3 is 2.30 bits per heavy atom. The fourth-order valence-electron chi connectivity index (χ4n) is 5.32. The summed E-state index contributed by atoms with van der Waals surface area (Å²) >= 11 is 0. The number of hydrogen-bond donors (Lipinski definition) is 1. The van der Waals surface area contributed by atoms with Crippen LogP contribution < -0.4 is 10.2 Å². The van der Waals surface area contributed by atoms with Gasteiger partial charge in [0.1, 0.15) is 17.0 Å². The van der Waals surface area contributed by atoms with Crippen molar-refractivity contribution < 1.29 is 23.9 Å². The highest BCUT2D eigenvalue weighted by atomic mass is 16.6. The van der Waals surface area contributed by atoms with Crippen molar-refractivity contribution >= 4 is 35.2 Å². The van der Waals surface area contributed by atoms with Crippen molar-refractivity contribution in [2.45, 2.75) is 112 Å². The van der Waals surface area contributed by atoms with E-state index in [1.807, 2.05) is 78.8 Å². The fraction of sp³-hybridized carbons (Fsp3) is 0.528. The maximum Gasteiger partial charge on any atom is 0.416 e. The van der Waals surface area contributed by atoms with E-state index in [9.17, 15) is 14.4 Å². The van der Waals surface area contributed by atoms with E-state index in [4.69, 9.17) is 19.6 Å². The molecule has 1 N–H and O–H groups in total. The number of aromatic nitrogens is 3. The lowest BCUT2D eigenvalue weighted by atomic mass is 9.93. The molecule has 1 aliphatic rings. The number of carbonyl (C=O) groups is 3. The molecule has 0 saturated carbocycles. The van der Waals surface area contributed by atoms with Crippen molar-refractivity contribution in [1.82, 2.24) is 19.5 Å². The lowest BCUT2D eigenvalue weighted by Crippen LogP contribution is -2.41. The van der Waals surface area contributed by atoms with Crippen LogP contribution in [-0.2, 0) is 20.8 Å². The number of ether oxygens (including phenoxy) is 2. The van der Waals surface area contributed by atoms with Gasteiger partial charge in [0.15, 0.2) is 5.65 Å². The van der Waals surface area contributed by atoms with Crippen LogP contribution in [0, 0.1) is 0 Å². The minimum absolute atomic E-state index is 0.0567. The topological polar surface area (TPSA) is 118 Å². The van der Waals surface area contributed by atoms with E-state index in [1.54, 1.807) is 33.5 Å². The molecule has 3 amide bonds. The number of carbonyl (C=O) groups excluding carboxylic acids is 3. The molecule has 0 unspecified atom stereocenters. The highest BCUT2D eigenvalue weighted by Crippen LogP contribution is 2.33. The molecule has 11 heteroatoms. The first-order valence-electron chi connectivity index (χ1n) is 16.4. The van der Waals surface area contributed by atoms with Crippen molar-refractivity contribution in [2.24, 2.45) is 0 Å². The number of piperidine rings is 1. The molecule has 11 nitrogen and oxygen atoms in total. The van der Waals surface area contributed by atoms with Gasteiger partial charge in [-0.2, -0.15) is 9.61 Å². The van der Waals surface area contributed by atoms with Gasteiger partial charge in [-0.25, -0.2) is 14.6 Å². The average molecular weight is 647 g/mol. The van der Waals surface area contributed by atoms with Crippen LogP contribution in [0.5, 0.6) is 0 Å². The molecular weight excluding hydrogens is 596 g/mol. The van der Waals surface area contributed by atoms with Gasteiger partial charge in [0.05, 0.1) is 12.7 Å². The molecule has 3 aromatic rings. The van der Waals surface area contributed by atoms with Gasteiger partial charge in [0.25, 0.3) is 5.91 Å². The summed E-state index contributed by atoms with van der Waals surface area (Å²) in [4.78, 5) is 47.7. The summed E-state index contributed by atoms with van der Waals surface area (Å²) in [6, 6.07) is 9.34. The molecule has 47 heavy (non-hydrogen) atoms. The van der Waals surface area contributed by atoms with Crippen LogP contribution in [0.1, 0.15) is 111 Å². The zero-order valence-electron chi connectivity index (χ0n) is 29.5. The van der Waals surface area contributed by atoms with E-state index in [2.05, 4.69) is 19.2 Å². The van der Waals surface area contributed by atoms with Crippen LogP contribution in [0.4, 0.5) is 21.1 Å². The number of fused-ring (bicyclic) bond motifs is 1. The summed E-state index contributed by atoms with van der Waals surface area (Å²) in [6.45, 7) is 20.1. The lowest BCUT2D eigenvalue weighted by molar-refractivity contribution is -0.112. The third kappa shape index (κ3) is 9.11. The summed E-state index contributed by atoms with van der Waals surface area (Å²) in [6.07, 6.45) is 4.12. The van der Waals surface area contributed by atoms with E-state index in [-0.39, 0.29) is 30.4 Å².